The molecule has 1 heterocycles. The SMILES string of the molecule is O=C(N/N=C/c1ccc(N2CCOCC2)cc1)c1ccc(Cl)cc1. The third kappa shape index (κ3) is 4.34. The van der Waals surface area contributed by atoms with Crippen LogP contribution in [-0.2, 0) is 4.74 Å². The lowest BCUT2D eigenvalue weighted by atomic mass is 10.2. The number of anilines is 1. The Morgan fingerprint density at radius 1 is 1.08 bits per heavy atom. The second-order valence-corrected chi connectivity index (χ2v) is 5.83. The van der Waals surface area contributed by atoms with E-state index < -0.39 is 0 Å². The fourth-order valence-corrected chi connectivity index (χ4v) is 2.55. The Bertz CT molecular complexity index is 708. The molecule has 5 nitrogen and oxygen atoms in total. The highest BCUT2D eigenvalue weighted by Crippen LogP contribution is 2.16. The minimum atomic E-state index is -0.271. The summed E-state index contributed by atoms with van der Waals surface area (Å²) in [5.74, 6) is -0.271. The maximum Gasteiger partial charge on any atom is 0.271 e. The van der Waals surface area contributed by atoms with Crippen molar-refractivity contribution in [2.45, 2.75) is 0 Å². The number of carbonyl (C=O) groups is 1. The van der Waals surface area contributed by atoms with E-state index in [1.165, 1.54) is 5.69 Å². The van der Waals surface area contributed by atoms with E-state index in [-0.39, 0.29) is 5.91 Å². The molecule has 0 bridgehead atoms. The van der Waals surface area contributed by atoms with Crippen LogP contribution >= 0.6 is 11.6 Å². The number of morpholine rings is 1. The molecular weight excluding hydrogens is 326 g/mol. The minimum absolute atomic E-state index is 0.271. The number of amides is 1. The van der Waals surface area contributed by atoms with E-state index in [1.54, 1.807) is 30.5 Å². The molecule has 0 aromatic heterocycles. The maximum atomic E-state index is 11.9. The summed E-state index contributed by atoms with van der Waals surface area (Å²) in [7, 11) is 0. The van der Waals surface area contributed by atoms with Crippen molar-refractivity contribution >= 4 is 29.4 Å². The van der Waals surface area contributed by atoms with Gasteiger partial charge in [-0.05, 0) is 42.0 Å². The predicted molar refractivity (Wildman–Crippen MR) is 96.0 cm³/mol. The Labute approximate surface area is 145 Å². The summed E-state index contributed by atoms with van der Waals surface area (Å²) < 4.78 is 5.35. The second-order valence-electron chi connectivity index (χ2n) is 5.40. The summed E-state index contributed by atoms with van der Waals surface area (Å²) in [4.78, 5) is 14.2. The van der Waals surface area contributed by atoms with Crippen LogP contribution in [0.25, 0.3) is 0 Å². The fourth-order valence-electron chi connectivity index (χ4n) is 2.42. The Morgan fingerprint density at radius 2 is 1.75 bits per heavy atom. The molecule has 1 aliphatic rings. The van der Waals surface area contributed by atoms with Crippen LogP contribution in [0, 0.1) is 0 Å². The van der Waals surface area contributed by atoms with E-state index in [1.807, 2.05) is 24.3 Å². The lowest BCUT2D eigenvalue weighted by Gasteiger charge is -2.28. The van der Waals surface area contributed by atoms with Gasteiger partial charge in [0, 0.05) is 29.4 Å². The molecule has 24 heavy (non-hydrogen) atoms. The molecule has 1 N–H and O–H groups in total. The lowest BCUT2D eigenvalue weighted by molar-refractivity contribution is 0.0955. The average Bonchev–Trinajstić information content (AvgIpc) is 2.63. The van der Waals surface area contributed by atoms with Crippen LogP contribution in [0.2, 0.25) is 5.02 Å². The number of hydrogen-bond donors (Lipinski definition) is 1. The van der Waals surface area contributed by atoms with Crippen LogP contribution in [-0.4, -0.2) is 38.4 Å². The standard InChI is InChI=1S/C18H18ClN3O2/c19-16-5-3-15(4-6-16)18(23)21-20-13-14-1-7-17(8-2-14)22-9-11-24-12-10-22/h1-8,13H,9-12H2,(H,21,23)/b20-13+. The Balaban J connectivity index is 1.56. The number of carbonyl (C=O) groups excluding carboxylic acids is 1. The number of nitrogens with one attached hydrogen (secondary N) is 1. The first kappa shape index (κ1) is 16.5. The fraction of sp³-hybridized carbons (Fsp3) is 0.222. The molecule has 0 spiro atoms. The normalized spacial score (nSPS) is 14.8. The van der Waals surface area contributed by atoms with Gasteiger partial charge in [-0.3, -0.25) is 4.79 Å². The number of ether oxygens (including phenoxy) is 1. The topological polar surface area (TPSA) is 53.9 Å². The molecule has 1 amide bonds. The molecule has 6 heteroatoms. The zero-order valence-electron chi connectivity index (χ0n) is 13.1. The molecule has 1 saturated heterocycles. The van der Waals surface area contributed by atoms with Crippen molar-refractivity contribution in [2.75, 3.05) is 31.2 Å². The predicted octanol–water partition coefficient (Wildman–Crippen LogP) is 2.94. The molecular formula is C18H18ClN3O2. The Hall–Kier alpha value is -2.37. The van der Waals surface area contributed by atoms with Crippen molar-refractivity contribution < 1.29 is 9.53 Å². The van der Waals surface area contributed by atoms with Gasteiger partial charge in [-0.15, -0.1) is 0 Å². The third-order valence-electron chi connectivity index (χ3n) is 3.76. The van der Waals surface area contributed by atoms with Crippen LogP contribution in [0.5, 0.6) is 0 Å². The Kier molecular flexibility index (Phi) is 5.46. The van der Waals surface area contributed by atoms with E-state index in [2.05, 4.69) is 15.4 Å². The largest absolute Gasteiger partial charge is 0.378 e. The molecule has 0 aliphatic carbocycles. The van der Waals surface area contributed by atoms with Gasteiger partial charge in [-0.1, -0.05) is 23.7 Å². The molecule has 2 aromatic rings. The maximum absolute atomic E-state index is 11.9. The second kappa shape index (κ2) is 7.95. The number of rotatable bonds is 4. The Morgan fingerprint density at radius 3 is 2.42 bits per heavy atom. The van der Waals surface area contributed by atoms with Crippen LogP contribution in [0.1, 0.15) is 15.9 Å². The highest BCUT2D eigenvalue weighted by atomic mass is 35.5. The summed E-state index contributed by atoms with van der Waals surface area (Å²) in [6.07, 6.45) is 1.62. The van der Waals surface area contributed by atoms with Crippen LogP contribution in [0.3, 0.4) is 0 Å². The summed E-state index contributed by atoms with van der Waals surface area (Å²) in [6, 6.07) is 14.7. The first-order chi connectivity index (χ1) is 11.7. The molecule has 0 unspecified atom stereocenters. The number of benzene rings is 2. The van der Waals surface area contributed by atoms with Crippen molar-refractivity contribution in [2.24, 2.45) is 5.10 Å². The van der Waals surface area contributed by atoms with Gasteiger partial charge < -0.3 is 9.64 Å². The highest BCUT2D eigenvalue weighted by Gasteiger charge is 2.10. The van der Waals surface area contributed by atoms with E-state index >= 15 is 0 Å². The zero-order chi connectivity index (χ0) is 16.8. The third-order valence-corrected chi connectivity index (χ3v) is 4.01. The summed E-state index contributed by atoms with van der Waals surface area (Å²) >= 11 is 5.80. The quantitative estimate of drug-likeness (QED) is 0.686. The molecule has 1 aliphatic heterocycles. The number of hydrogen-bond acceptors (Lipinski definition) is 4. The highest BCUT2D eigenvalue weighted by molar-refractivity contribution is 6.30. The molecule has 124 valence electrons. The van der Waals surface area contributed by atoms with Crippen LogP contribution in [0.15, 0.2) is 53.6 Å². The minimum Gasteiger partial charge on any atom is -0.378 e. The molecule has 0 radical (unpaired) electrons. The molecule has 3 rings (SSSR count). The van der Waals surface area contributed by atoms with Gasteiger partial charge in [0.05, 0.1) is 19.4 Å². The first-order valence-electron chi connectivity index (χ1n) is 7.74. The summed E-state index contributed by atoms with van der Waals surface area (Å²) in [5, 5.41) is 4.58. The summed E-state index contributed by atoms with van der Waals surface area (Å²) in [5.41, 5.74) is 5.11. The average molecular weight is 344 g/mol. The van der Waals surface area contributed by atoms with Crippen LogP contribution in [0.4, 0.5) is 5.69 Å². The molecule has 0 atom stereocenters. The van der Waals surface area contributed by atoms with E-state index in [9.17, 15) is 4.79 Å². The van der Waals surface area contributed by atoms with E-state index in [0.29, 0.717) is 10.6 Å². The number of halogens is 1. The smallest absolute Gasteiger partial charge is 0.271 e. The first-order valence-corrected chi connectivity index (χ1v) is 8.12. The van der Waals surface area contributed by atoms with E-state index in [4.69, 9.17) is 16.3 Å². The van der Waals surface area contributed by atoms with Crippen molar-refractivity contribution in [3.05, 3.63) is 64.7 Å². The monoisotopic (exact) mass is 343 g/mol. The van der Waals surface area contributed by atoms with Gasteiger partial charge in [-0.25, -0.2) is 5.43 Å². The van der Waals surface area contributed by atoms with Crippen molar-refractivity contribution in [1.29, 1.82) is 0 Å². The number of hydrazone groups is 1. The van der Waals surface area contributed by atoms with Gasteiger partial charge in [0.2, 0.25) is 0 Å². The van der Waals surface area contributed by atoms with Crippen molar-refractivity contribution in [3.8, 4) is 0 Å². The molecule has 0 saturated carbocycles. The van der Waals surface area contributed by atoms with Gasteiger partial charge in [0.15, 0.2) is 0 Å². The molecule has 1 fully saturated rings. The van der Waals surface area contributed by atoms with Crippen LogP contribution < -0.4 is 10.3 Å². The number of nitrogens with zero attached hydrogens (tertiary/aromatic N) is 2. The zero-order valence-corrected chi connectivity index (χ0v) is 13.9. The van der Waals surface area contributed by atoms with Crippen molar-refractivity contribution in [3.63, 3.8) is 0 Å². The summed E-state index contributed by atoms with van der Waals surface area (Å²) in [6.45, 7) is 3.34. The van der Waals surface area contributed by atoms with Gasteiger partial charge in [0.25, 0.3) is 5.91 Å². The van der Waals surface area contributed by atoms with Crippen molar-refractivity contribution in [1.82, 2.24) is 5.43 Å². The van der Waals surface area contributed by atoms with E-state index in [0.717, 1.165) is 31.9 Å². The van der Waals surface area contributed by atoms with Gasteiger partial charge in [-0.2, -0.15) is 5.10 Å². The van der Waals surface area contributed by atoms with Gasteiger partial charge in [0.1, 0.15) is 0 Å². The van der Waals surface area contributed by atoms with Gasteiger partial charge >= 0.3 is 0 Å². The lowest BCUT2D eigenvalue weighted by Crippen LogP contribution is -2.36. The molecule has 2 aromatic carbocycles.